The van der Waals surface area contributed by atoms with Crippen LogP contribution in [0.25, 0.3) is 33.4 Å². The molecule has 0 saturated heterocycles. The van der Waals surface area contributed by atoms with Crippen molar-refractivity contribution in [3.63, 3.8) is 0 Å². The van der Waals surface area contributed by atoms with E-state index in [9.17, 15) is 0 Å². The van der Waals surface area contributed by atoms with Crippen LogP contribution in [0.4, 0.5) is 0 Å². The highest BCUT2D eigenvalue weighted by Crippen LogP contribution is 2.40. The minimum Gasteiger partial charge on any atom is -0.480 e. The average Bonchev–Trinajstić information content (AvgIpc) is 3.08. The maximum Gasteiger partial charge on any atom is 0.223 e. The van der Waals surface area contributed by atoms with E-state index in [0.29, 0.717) is 10.9 Å². The Balaban J connectivity index is 2.00. The summed E-state index contributed by atoms with van der Waals surface area (Å²) in [5.74, 6) is 1.41. The molecule has 0 N–H and O–H groups in total. The van der Waals surface area contributed by atoms with Crippen LogP contribution in [0.3, 0.4) is 0 Å². The van der Waals surface area contributed by atoms with E-state index < -0.39 is 0 Å². The third-order valence-electron chi connectivity index (χ3n) is 4.22. The summed E-state index contributed by atoms with van der Waals surface area (Å²) in [7, 11) is 3.58. The molecule has 2 aromatic heterocycles. The SMILES string of the molecule is COc1nc2ccc(-c3nccn3C)cc2c(Cl)c1-c1ccccc1. The Morgan fingerprint density at radius 1 is 1.04 bits per heavy atom. The predicted octanol–water partition coefficient (Wildman–Crippen LogP) is 4.96. The molecule has 0 aliphatic heterocycles. The third kappa shape index (κ3) is 2.65. The second-order valence-corrected chi connectivity index (χ2v) is 6.15. The monoisotopic (exact) mass is 349 g/mol. The number of hydrogen-bond donors (Lipinski definition) is 0. The molecule has 25 heavy (non-hydrogen) atoms. The summed E-state index contributed by atoms with van der Waals surface area (Å²) in [6.45, 7) is 0. The number of halogens is 1. The number of fused-ring (bicyclic) bond motifs is 1. The predicted molar refractivity (Wildman–Crippen MR) is 101 cm³/mol. The first kappa shape index (κ1) is 15.7. The summed E-state index contributed by atoms with van der Waals surface area (Å²) in [6, 6.07) is 15.9. The lowest BCUT2D eigenvalue weighted by atomic mass is 10.0. The van der Waals surface area contributed by atoms with Crippen LogP contribution in [0, 0.1) is 0 Å². The largest absolute Gasteiger partial charge is 0.480 e. The lowest BCUT2D eigenvalue weighted by Crippen LogP contribution is -1.96. The molecular weight excluding hydrogens is 334 g/mol. The number of aryl methyl sites for hydroxylation is 1. The zero-order valence-corrected chi connectivity index (χ0v) is 14.7. The summed E-state index contributed by atoms with van der Waals surface area (Å²) >= 11 is 6.79. The van der Waals surface area contributed by atoms with Gasteiger partial charge in [0, 0.05) is 30.4 Å². The van der Waals surface area contributed by atoms with Gasteiger partial charge in [-0.1, -0.05) is 41.9 Å². The first-order chi connectivity index (χ1) is 12.2. The number of imidazole rings is 1. The fourth-order valence-corrected chi connectivity index (χ4v) is 3.33. The third-order valence-corrected chi connectivity index (χ3v) is 4.62. The number of hydrogen-bond acceptors (Lipinski definition) is 3. The Labute approximate surface area is 150 Å². The minimum absolute atomic E-state index is 0.522. The van der Waals surface area contributed by atoms with Crippen molar-refractivity contribution in [3.8, 4) is 28.4 Å². The van der Waals surface area contributed by atoms with E-state index in [-0.39, 0.29) is 0 Å². The van der Waals surface area contributed by atoms with Crippen LogP contribution < -0.4 is 4.74 Å². The lowest BCUT2D eigenvalue weighted by molar-refractivity contribution is 0.401. The van der Waals surface area contributed by atoms with E-state index in [2.05, 4.69) is 9.97 Å². The Kier molecular flexibility index (Phi) is 3.90. The van der Waals surface area contributed by atoms with Gasteiger partial charge in [0.15, 0.2) is 0 Å². The summed E-state index contributed by atoms with van der Waals surface area (Å²) in [5, 5.41) is 1.51. The van der Waals surface area contributed by atoms with Crippen LogP contribution in [0.5, 0.6) is 5.88 Å². The molecule has 0 atom stereocenters. The molecule has 124 valence electrons. The molecule has 0 radical (unpaired) electrons. The molecule has 4 aromatic rings. The van der Waals surface area contributed by atoms with Crippen molar-refractivity contribution in [1.29, 1.82) is 0 Å². The summed E-state index contributed by atoms with van der Waals surface area (Å²) in [6.07, 6.45) is 3.70. The Hall–Kier alpha value is -2.85. The highest BCUT2D eigenvalue weighted by Gasteiger charge is 2.17. The number of pyridine rings is 1. The van der Waals surface area contributed by atoms with Gasteiger partial charge < -0.3 is 9.30 Å². The van der Waals surface area contributed by atoms with Crippen LogP contribution in [-0.2, 0) is 7.05 Å². The van der Waals surface area contributed by atoms with Crippen LogP contribution in [0.2, 0.25) is 5.02 Å². The minimum atomic E-state index is 0.522. The molecule has 0 bridgehead atoms. The van der Waals surface area contributed by atoms with Gasteiger partial charge in [-0.15, -0.1) is 0 Å². The Morgan fingerprint density at radius 3 is 2.52 bits per heavy atom. The van der Waals surface area contributed by atoms with Gasteiger partial charge >= 0.3 is 0 Å². The van der Waals surface area contributed by atoms with E-state index in [1.807, 2.05) is 66.3 Å². The van der Waals surface area contributed by atoms with Crippen LogP contribution in [0.15, 0.2) is 60.9 Å². The highest BCUT2D eigenvalue weighted by molar-refractivity contribution is 6.38. The van der Waals surface area contributed by atoms with Gasteiger partial charge in [0.25, 0.3) is 0 Å². The molecule has 4 rings (SSSR count). The molecule has 0 amide bonds. The number of nitrogens with zero attached hydrogens (tertiary/aromatic N) is 3. The lowest BCUT2D eigenvalue weighted by Gasteiger charge is -2.13. The summed E-state index contributed by atoms with van der Waals surface area (Å²) in [5.41, 5.74) is 3.56. The standard InChI is InChI=1S/C20H16ClN3O/c1-24-11-10-22-19(24)14-8-9-16-15(12-14)18(21)17(20(23-16)25-2)13-6-4-3-5-7-13/h3-12H,1-2H3. The second kappa shape index (κ2) is 6.22. The van der Waals surface area contributed by atoms with Crippen LogP contribution in [-0.4, -0.2) is 21.6 Å². The first-order valence-electron chi connectivity index (χ1n) is 7.89. The first-order valence-corrected chi connectivity index (χ1v) is 8.27. The van der Waals surface area contributed by atoms with Crippen molar-refractivity contribution >= 4 is 22.5 Å². The van der Waals surface area contributed by atoms with Gasteiger partial charge in [0.05, 0.1) is 23.2 Å². The zero-order chi connectivity index (χ0) is 17.4. The molecule has 0 aliphatic rings. The molecule has 0 aliphatic carbocycles. The summed E-state index contributed by atoms with van der Waals surface area (Å²) < 4.78 is 7.47. The van der Waals surface area contributed by atoms with Crippen molar-refractivity contribution in [2.45, 2.75) is 0 Å². The van der Waals surface area contributed by atoms with E-state index in [4.69, 9.17) is 16.3 Å². The zero-order valence-electron chi connectivity index (χ0n) is 13.9. The normalized spacial score (nSPS) is 11.0. The van der Waals surface area contributed by atoms with E-state index in [1.165, 1.54) is 0 Å². The molecule has 0 unspecified atom stereocenters. The van der Waals surface area contributed by atoms with Crippen LogP contribution >= 0.6 is 11.6 Å². The number of benzene rings is 2. The van der Waals surface area contributed by atoms with Crippen molar-refractivity contribution in [2.75, 3.05) is 7.11 Å². The quantitative estimate of drug-likeness (QED) is 0.524. The summed E-state index contributed by atoms with van der Waals surface area (Å²) in [4.78, 5) is 9.05. The number of aromatic nitrogens is 3. The molecule has 0 spiro atoms. The topological polar surface area (TPSA) is 39.9 Å². The molecular formula is C20H16ClN3O. The fraction of sp³-hybridized carbons (Fsp3) is 0.100. The Bertz CT molecular complexity index is 1060. The highest BCUT2D eigenvalue weighted by atomic mass is 35.5. The van der Waals surface area contributed by atoms with Gasteiger partial charge in [-0.05, 0) is 23.8 Å². The van der Waals surface area contributed by atoms with Gasteiger partial charge in [-0.25, -0.2) is 9.97 Å². The van der Waals surface area contributed by atoms with Gasteiger partial charge in [0.1, 0.15) is 5.82 Å². The Morgan fingerprint density at radius 2 is 1.84 bits per heavy atom. The molecule has 2 heterocycles. The average molecular weight is 350 g/mol. The van der Waals surface area contributed by atoms with Gasteiger partial charge in [-0.3, -0.25) is 0 Å². The number of rotatable bonds is 3. The van der Waals surface area contributed by atoms with E-state index in [0.717, 1.165) is 33.4 Å². The van der Waals surface area contributed by atoms with E-state index >= 15 is 0 Å². The van der Waals surface area contributed by atoms with E-state index in [1.54, 1.807) is 13.3 Å². The second-order valence-electron chi connectivity index (χ2n) is 5.77. The van der Waals surface area contributed by atoms with Crippen molar-refractivity contribution in [2.24, 2.45) is 7.05 Å². The molecule has 0 fully saturated rings. The molecule has 5 heteroatoms. The molecule has 4 nitrogen and oxygen atoms in total. The van der Waals surface area contributed by atoms with Gasteiger partial charge in [0.2, 0.25) is 5.88 Å². The molecule has 0 saturated carbocycles. The smallest absolute Gasteiger partial charge is 0.223 e. The van der Waals surface area contributed by atoms with Crippen LogP contribution in [0.1, 0.15) is 0 Å². The van der Waals surface area contributed by atoms with Crippen molar-refractivity contribution < 1.29 is 4.74 Å². The molecule has 2 aromatic carbocycles. The number of methoxy groups -OCH3 is 1. The maximum atomic E-state index is 6.79. The van der Waals surface area contributed by atoms with Crippen molar-refractivity contribution in [3.05, 3.63) is 65.9 Å². The number of ether oxygens (including phenoxy) is 1. The fourth-order valence-electron chi connectivity index (χ4n) is 2.99. The van der Waals surface area contributed by atoms with Crippen molar-refractivity contribution in [1.82, 2.24) is 14.5 Å². The van der Waals surface area contributed by atoms with Gasteiger partial charge in [-0.2, -0.15) is 0 Å². The maximum absolute atomic E-state index is 6.79.